The Balaban J connectivity index is 2.89. The Morgan fingerprint density at radius 1 is 0.793 bits per heavy atom. The molecule has 0 aliphatic heterocycles. The maximum Gasteiger partial charge on any atom is 0.328 e. The summed E-state index contributed by atoms with van der Waals surface area (Å²) in [5, 5.41) is 5.56. The lowest BCUT2D eigenvalue weighted by molar-refractivity contribution is -0.149. The molecule has 1 aliphatic carbocycles. The summed E-state index contributed by atoms with van der Waals surface area (Å²) in [5.74, 6) is -2.89. The summed E-state index contributed by atoms with van der Waals surface area (Å²) in [6.07, 6.45) is 3.25. The molecule has 2 N–H and O–H groups in total. The van der Waals surface area contributed by atoms with Crippen LogP contribution in [0.4, 0.5) is 0 Å². The minimum atomic E-state index is -0.746. The van der Waals surface area contributed by atoms with E-state index in [9.17, 15) is 19.2 Å². The lowest BCUT2D eigenvalue weighted by Crippen LogP contribution is -2.51. The van der Waals surface area contributed by atoms with E-state index in [1.54, 1.807) is 0 Å². The molecule has 0 saturated heterocycles. The Labute approximate surface area is 173 Å². The molecule has 0 aromatic heterocycles. The van der Waals surface area contributed by atoms with Gasteiger partial charge in [-0.05, 0) is 24.7 Å². The fourth-order valence-electron chi connectivity index (χ4n) is 3.70. The van der Waals surface area contributed by atoms with Crippen LogP contribution in [0.25, 0.3) is 0 Å². The molecule has 8 nitrogen and oxygen atoms in total. The van der Waals surface area contributed by atoms with Gasteiger partial charge in [0.1, 0.15) is 12.1 Å². The van der Waals surface area contributed by atoms with Crippen molar-refractivity contribution in [2.45, 2.75) is 71.9 Å². The van der Waals surface area contributed by atoms with Crippen molar-refractivity contribution in [3.8, 4) is 0 Å². The summed E-state index contributed by atoms with van der Waals surface area (Å²) in [6, 6.07) is -1.49. The van der Waals surface area contributed by atoms with Crippen molar-refractivity contribution in [2.24, 2.45) is 23.7 Å². The topological polar surface area (TPSA) is 111 Å². The maximum absolute atomic E-state index is 12.9. The molecule has 0 radical (unpaired) electrons. The van der Waals surface area contributed by atoms with E-state index in [1.165, 1.54) is 14.2 Å². The van der Waals surface area contributed by atoms with E-state index in [0.29, 0.717) is 25.7 Å². The molecule has 1 fully saturated rings. The Bertz CT molecular complexity index is 544. The normalized spacial score (nSPS) is 22.7. The molecule has 8 heteroatoms. The summed E-state index contributed by atoms with van der Waals surface area (Å²) in [6.45, 7) is 7.60. The molecular formula is C21H36N2O6. The van der Waals surface area contributed by atoms with Crippen LogP contribution < -0.4 is 10.6 Å². The van der Waals surface area contributed by atoms with Crippen LogP contribution in [-0.4, -0.2) is 50.1 Å². The summed E-state index contributed by atoms with van der Waals surface area (Å²) >= 11 is 0. The highest BCUT2D eigenvalue weighted by Crippen LogP contribution is 2.33. The number of methoxy groups -OCH3 is 2. The first-order valence-electron chi connectivity index (χ1n) is 10.5. The van der Waals surface area contributed by atoms with E-state index in [1.807, 2.05) is 27.7 Å². The van der Waals surface area contributed by atoms with E-state index in [2.05, 4.69) is 10.6 Å². The van der Waals surface area contributed by atoms with E-state index in [4.69, 9.17) is 9.47 Å². The second-order valence-corrected chi connectivity index (χ2v) is 7.93. The van der Waals surface area contributed by atoms with Crippen LogP contribution in [0.15, 0.2) is 0 Å². The number of amides is 2. The van der Waals surface area contributed by atoms with Gasteiger partial charge in [0.15, 0.2) is 0 Å². The van der Waals surface area contributed by atoms with Crippen molar-refractivity contribution in [1.82, 2.24) is 10.6 Å². The van der Waals surface area contributed by atoms with Crippen molar-refractivity contribution in [3.05, 3.63) is 0 Å². The van der Waals surface area contributed by atoms with Crippen molar-refractivity contribution >= 4 is 23.8 Å². The van der Waals surface area contributed by atoms with Gasteiger partial charge in [-0.1, -0.05) is 47.0 Å². The zero-order valence-corrected chi connectivity index (χ0v) is 18.4. The minimum absolute atomic E-state index is 0.0887. The fourth-order valence-corrected chi connectivity index (χ4v) is 3.70. The molecule has 0 aromatic rings. The second-order valence-electron chi connectivity index (χ2n) is 7.93. The summed E-state index contributed by atoms with van der Waals surface area (Å²) < 4.78 is 9.64. The predicted molar refractivity (Wildman–Crippen MR) is 108 cm³/mol. The van der Waals surface area contributed by atoms with Gasteiger partial charge >= 0.3 is 11.9 Å². The Morgan fingerprint density at radius 3 is 1.41 bits per heavy atom. The van der Waals surface area contributed by atoms with Crippen LogP contribution in [0.5, 0.6) is 0 Å². The average molecular weight is 413 g/mol. The molecular weight excluding hydrogens is 376 g/mol. The zero-order valence-electron chi connectivity index (χ0n) is 18.4. The first-order valence-corrected chi connectivity index (χ1v) is 10.5. The highest BCUT2D eigenvalue weighted by molar-refractivity contribution is 5.92. The number of carbonyl (C=O) groups excluding carboxylic acids is 4. The van der Waals surface area contributed by atoms with Crippen LogP contribution in [0.2, 0.25) is 0 Å². The monoisotopic (exact) mass is 412 g/mol. The van der Waals surface area contributed by atoms with Crippen molar-refractivity contribution in [2.75, 3.05) is 14.2 Å². The second kappa shape index (κ2) is 11.8. The molecule has 1 rings (SSSR count). The Kier molecular flexibility index (Phi) is 10.1. The van der Waals surface area contributed by atoms with Gasteiger partial charge < -0.3 is 20.1 Å². The molecule has 0 bridgehead atoms. The highest BCUT2D eigenvalue weighted by Gasteiger charge is 2.41. The van der Waals surface area contributed by atoms with Gasteiger partial charge in [0, 0.05) is 11.8 Å². The van der Waals surface area contributed by atoms with Crippen LogP contribution in [0.1, 0.15) is 59.8 Å². The quantitative estimate of drug-likeness (QED) is 0.530. The number of hydrogen-bond acceptors (Lipinski definition) is 6. The highest BCUT2D eigenvalue weighted by atomic mass is 16.5. The van der Waals surface area contributed by atoms with Crippen LogP contribution in [0.3, 0.4) is 0 Å². The SMILES string of the molecule is CC[C@@H](C)[C@H](NC(=O)[C@H]1CCC[C@@H]1C(=O)N[C@H](C(=O)OC)[C@H](C)CC)C(=O)OC. The molecule has 6 atom stereocenters. The lowest BCUT2D eigenvalue weighted by Gasteiger charge is -2.27. The number of esters is 2. The first kappa shape index (κ1) is 24.9. The van der Waals surface area contributed by atoms with E-state index in [-0.39, 0.29) is 23.7 Å². The zero-order chi connectivity index (χ0) is 22.1. The van der Waals surface area contributed by atoms with Gasteiger partial charge in [0.05, 0.1) is 14.2 Å². The molecule has 2 amide bonds. The maximum atomic E-state index is 12.9. The smallest absolute Gasteiger partial charge is 0.328 e. The van der Waals surface area contributed by atoms with Gasteiger partial charge in [-0.2, -0.15) is 0 Å². The van der Waals surface area contributed by atoms with E-state index >= 15 is 0 Å². The lowest BCUT2D eigenvalue weighted by atomic mass is 9.91. The molecule has 29 heavy (non-hydrogen) atoms. The summed E-state index contributed by atoms with van der Waals surface area (Å²) in [7, 11) is 2.58. The van der Waals surface area contributed by atoms with E-state index in [0.717, 1.165) is 6.42 Å². The Hall–Kier alpha value is -2.12. The minimum Gasteiger partial charge on any atom is -0.467 e. The van der Waals surface area contributed by atoms with Gasteiger partial charge in [-0.15, -0.1) is 0 Å². The third-order valence-electron chi connectivity index (χ3n) is 6.12. The van der Waals surface area contributed by atoms with Gasteiger partial charge in [0.25, 0.3) is 0 Å². The molecule has 0 unspecified atom stereocenters. The average Bonchev–Trinajstić information content (AvgIpc) is 3.23. The third-order valence-corrected chi connectivity index (χ3v) is 6.12. The van der Waals surface area contributed by atoms with Gasteiger partial charge in [-0.3, -0.25) is 9.59 Å². The standard InChI is InChI=1S/C21H36N2O6/c1-7-12(3)16(20(26)28-5)22-18(24)14-10-9-11-15(14)19(25)23-17(13(4)8-2)21(27)29-6/h12-17H,7-11H2,1-6H3,(H,22,24)(H,23,25)/t12-,13-,14+,15+,16+,17+/m1/s1. The largest absolute Gasteiger partial charge is 0.467 e. The molecule has 0 heterocycles. The first-order chi connectivity index (χ1) is 13.7. The van der Waals surface area contributed by atoms with Crippen molar-refractivity contribution < 1.29 is 28.7 Å². The van der Waals surface area contributed by atoms with Crippen LogP contribution in [0, 0.1) is 23.7 Å². The molecule has 166 valence electrons. The number of nitrogens with one attached hydrogen (secondary N) is 2. The number of carbonyl (C=O) groups is 4. The van der Waals surface area contributed by atoms with Crippen molar-refractivity contribution in [3.63, 3.8) is 0 Å². The molecule has 1 aliphatic rings. The third kappa shape index (κ3) is 6.44. The van der Waals surface area contributed by atoms with E-state index < -0.39 is 35.9 Å². The molecule has 1 saturated carbocycles. The van der Waals surface area contributed by atoms with Crippen LogP contribution in [-0.2, 0) is 28.7 Å². The Morgan fingerprint density at radius 2 is 1.14 bits per heavy atom. The van der Waals surface area contributed by atoms with Gasteiger partial charge in [-0.25, -0.2) is 9.59 Å². The molecule has 0 spiro atoms. The van der Waals surface area contributed by atoms with Crippen LogP contribution >= 0.6 is 0 Å². The number of rotatable bonds is 10. The van der Waals surface area contributed by atoms with Crippen molar-refractivity contribution in [1.29, 1.82) is 0 Å². The summed E-state index contributed by atoms with van der Waals surface area (Å²) in [4.78, 5) is 49.9. The fraction of sp³-hybridized carbons (Fsp3) is 0.810. The number of ether oxygens (including phenoxy) is 2. The summed E-state index contributed by atoms with van der Waals surface area (Å²) in [5.41, 5.74) is 0. The molecule has 0 aromatic carbocycles. The predicted octanol–water partition coefficient (Wildman–Crippen LogP) is 1.81. The van der Waals surface area contributed by atoms with Gasteiger partial charge in [0.2, 0.25) is 11.8 Å². The number of hydrogen-bond donors (Lipinski definition) is 2.